The number of aryl methyl sites for hydroxylation is 1. The molecule has 0 aliphatic carbocycles. The molecule has 2 aromatic rings. The molecule has 0 bridgehead atoms. The highest BCUT2D eigenvalue weighted by atomic mass is 16.5. The number of amides is 2. The predicted octanol–water partition coefficient (Wildman–Crippen LogP) is 4.52. The van der Waals surface area contributed by atoms with Gasteiger partial charge in [0.25, 0.3) is 0 Å². The van der Waals surface area contributed by atoms with Crippen molar-refractivity contribution in [3.8, 4) is 5.75 Å². The molecule has 5 heteroatoms. The van der Waals surface area contributed by atoms with Gasteiger partial charge in [-0.25, -0.2) is 4.79 Å². The number of fused-ring (bicyclic) bond motifs is 1. The van der Waals surface area contributed by atoms with E-state index in [1.807, 2.05) is 42.2 Å². The average molecular weight is 395 g/mol. The number of urea groups is 1. The number of hydrogen-bond donors (Lipinski definition) is 1. The number of carbonyl (C=O) groups is 1. The van der Waals surface area contributed by atoms with E-state index in [4.69, 9.17) is 9.47 Å². The minimum absolute atomic E-state index is 0.0513. The van der Waals surface area contributed by atoms with E-state index >= 15 is 0 Å². The maximum absolute atomic E-state index is 13.3. The monoisotopic (exact) mass is 394 g/mol. The Morgan fingerprint density at radius 3 is 2.66 bits per heavy atom. The van der Waals surface area contributed by atoms with Crippen molar-refractivity contribution in [2.75, 3.05) is 19.8 Å². The Kier molecular flexibility index (Phi) is 5.50. The van der Waals surface area contributed by atoms with Crippen LogP contribution in [-0.4, -0.2) is 36.3 Å². The van der Waals surface area contributed by atoms with Crippen molar-refractivity contribution in [2.45, 2.75) is 51.8 Å². The summed E-state index contributed by atoms with van der Waals surface area (Å²) in [5, 5.41) is 3.21. The number of para-hydroxylation sites is 1. The Bertz CT molecular complexity index is 889. The number of benzene rings is 2. The quantitative estimate of drug-likeness (QED) is 0.815. The van der Waals surface area contributed by atoms with E-state index in [1.54, 1.807) is 0 Å². The van der Waals surface area contributed by atoms with Crippen LogP contribution in [0.2, 0.25) is 0 Å². The Balaban J connectivity index is 1.57. The van der Waals surface area contributed by atoms with E-state index in [9.17, 15) is 4.79 Å². The summed E-state index contributed by atoms with van der Waals surface area (Å²) in [5.41, 5.74) is 4.29. The summed E-state index contributed by atoms with van der Waals surface area (Å²) >= 11 is 0. The topological polar surface area (TPSA) is 50.8 Å². The number of rotatable bonds is 2. The second-order valence-corrected chi connectivity index (χ2v) is 8.32. The van der Waals surface area contributed by atoms with Crippen molar-refractivity contribution in [1.29, 1.82) is 0 Å². The van der Waals surface area contributed by atoms with E-state index in [0.717, 1.165) is 29.7 Å². The van der Waals surface area contributed by atoms with Crippen LogP contribution in [0.5, 0.6) is 5.75 Å². The van der Waals surface area contributed by atoms with Crippen molar-refractivity contribution >= 4 is 6.03 Å². The van der Waals surface area contributed by atoms with Gasteiger partial charge in [0, 0.05) is 18.4 Å². The van der Waals surface area contributed by atoms with Crippen LogP contribution in [0.1, 0.15) is 48.1 Å². The van der Waals surface area contributed by atoms with Gasteiger partial charge in [-0.15, -0.1) is 0 Å². The Labute approximate surface area is 173 Å². The lowest BCUT2D eigenvalue weighted by atomic mass is 9.93. The zero-order chi connectivity index (χ0) is 20.4. The molecule has 29 heavy (non-hydrogen) atoms. The molecule has 2 aromatic carbocycles. The van der Waals surface area contributed by atoms with Gasteiger partial charge in [-0.1, -0.05) is 36.4 Å². The van der Waals surface area contributed by atoms with Crippen LogP contribution in [0.4, 0.5) is 4.79 Å². The van der Waals surface area contributed by atoms with Crippen LogP contribution < -0.4 is 10.1 Å². The highest BCUT2D eigenvalue weighted by molar-refractivity contribution is 5.75. The third-order valence-corrected chi connectivity index (χ3v) is 6.28. The van der Waals surface area contributed by atoms with Gasteiger partial charge in [-0.05, 0) is 43.5 Å². The normalized spacial score (nSPS) is 19.1. The Hall–Kier alpha value is -2.53. The molecule has 4 rings (SSSR count). The van der Waals surface area contributed by atoms with E-state index in [-0.39, 0.29) is 17.7 Å². The maximum Gasteiger partial charge on any atom is 0.318 e. The molecule has 2 aliphatic rings. The van der Waals surface area contributed by atoms with Crippen LogP contribution >= 0.6 is 0 Å². The first-order valence-electron chi connectivity index (χ1n) is 10.4. The lowest BCUT2D eigenvalue weighted by molar-refractivity contribution is -0.0536. The Morgan fingerprint density at radius 1 is 1.10 bits per heavy atom. The first-order chi connectivity index (χ1) is 14.0. The van der Waals surface area contributed by atoms with E-state index in [0.29, 0.717) is 26.3 Å². The number of ether oxygens (including phenoxy) is 2. The number of carbonyl (C=O) groups excluding carboxylic acids is 1. The molecule has 0 saturated carbocycles. The standard InChI is InChI=1S/C24H30N2O3/c1-17-7-6-9-21(18(17)2)19(3)25-23(27)26-15-20-8-4-5-10-22(20)29-24(16-26)11-13-28-14-12-24/h4-10,19H,11-16H2,1-3H3,(H,25,27). The van der Waals surface area contributed by atoms with Crippen LogP contribution in [0.3, 0.4) is 0 Å². The second-order valence-electron chi connectivity index (χ2n) is 8.32. The Morgan fingerprint density at radius 2 is 1.86 bits per heavy atom. The highest BCUT2D eigenvalue weighted by Gasteiger charge is 2.40. The van der Waals surface area contributed by atoms with Crippen molar-refractivity contribution in [3.63, 3.8) is 0 Å². The molecular formula is C24H30N2O3. The fourth-order valence-electron chi connectivity index (χ4n) is 4.35. The zero-order valence-corrected chi connectivity index (χ0v) is 17.5. The van der Waals surface area contributed by atoms with E-state index in [2.05, 4.69) is 31.3 Å². The molecule has 0 aromatic heterocycles. The zero-order valence-electron chi connectivity index (χ0n) is 17.5. The first kappa shape index (κ1) is 19.8. The smallest absolute Gasteiger partial charge is 0.318 e. The molecule has 2 aliphatic heterocycles. The van der Waals surface area contributed by atoms with Crippen molar-refractivity contribution in [2.24, 2.45) is 0 Å². The van der Waals surface area contributed by atoms with Crippen molar-refractivity contribution in [3.05, 3.63) is 64.7 Å². The summed E-state index contributed by atoms with van der Waals surface area (Å²) in [6.45, 7) is 8.70. The molecule has 1 saturated heterocycles. The lowest BCUT2D eigenvalue weighted by Crippen LogP contribution is -2.52. The maximum atomic E-state index is 13.3. The summed E-state index contributed by atoms with van der Waals surface area (Å²) in [5.74, 6) is 0.882. The van der Waals surface area contributed by atoms with Gasteiger partial charge < -0.3 is 19.7 Å². The van der Waals surface area contributed by atoms with E-state index in [1.165, 1.54) is 11.1 Å². The number of nitrogens with one attached hydrogen (secondary N) is 1. The third-order valence-electron chi connectivity index (χ3n) is 6.28. The molecule has 0 radical (unpaired) electrons. The van der Waals surface area contributed by atoms with Gasteiger partial charge in [0.1, 0.15) is 11.4 Å². The summed E-state index contributed by atoms with van der Waals surface area (Å²) in [4.78, 5) is 15.2. The number of hydrogen-bond acceptors (Lipinski definition) is 3. The van der Waals surface area contributed by atoms with Gasteiger partial charge >= 0.3 is 6.03 Å². The average Bonchev–Trinajstić information content (AvgIpc) is 2.87. The molecule has 1 spiro atoms. The summed E-state index contributed by atoms with van der Waals surface area (Å²) < 4.78 is 12.1. The largest absolute Gasteiger partial charge is 0.485 e. The highest BCUT2D eigenvalue weighted by Crippen LogP contribution is 2.35. The fraction of sp³-hybridized carbons (Fsp3) is 0.458. The van der Waals surface area contributed by atoms with Crippen LogP contribution in [0.25, 0.3) is 0 Å². The van der Waals surface area contributed by atoms with Gasteiger partial charge in [0.2, 0.25) is 0 Å². The third kappa shape index (κ3) is 4.10. The molecule has 1 atom stereocenters. The summed E-state index contributed by atoms with van der Waals surface area (Å²) in [7, 11) is 0. The van der Waals surface area contributed by atoms with Crippen LogP contribution in [0, 0.1) is 13.8 Å². The molecule has 1 unspecified atom stereocenters. The number of nitrogens with zero attached hydrogens (tertiary/aromatic N) is 1. The van der Waals surface area contributed by atoms with Gasteiger partial charge in [0.05, 0.1) is 32.3 Å². The first-order valence-corrected chi connectivity index (χ1v) is 10.4. The molecule has 1 N–H and O–H groups in total. The van der Waals surface area contributed by atoms with Crippen molar-refractivity contribution in [1.82, 2.24) is 10.2 Å². The van der Waals surface area contributed by atoms with E-state index < -0.39 is 0 Å². The summed E-state index contributed by atoms with van der Waals surface area (Å²) in [6.07, 6.45) is 1.58. The molecule has 5 nitrogen and oxygen atoms in total. The minimum Gasteiger partial charge on any atom is -0.485 e. The predicted molar refractivity (Wildman–Crippen MR) is 113 cm³/mol. The molecule has 1 fully saturated rings. The van der Waals surface area contributed by atoms with Crippen molar-refractivity contribution < 1.29 is 14.3 Å². The lowest BCUT2D eigenvalue weighted by Gasteiger charge is -2.39. The van der Waals surface area contributed by atoms with Gasteiger partial charge in [-0.3, -0.25) is 0 Å². The molecule has 154 valence electrons. The second kappa shape index (κ2) is 8.07. The SMILES string of the molecule is Cc1cccc(C(C)NC(=O)N2Cc3ccccc3OC3(CCOCC3)C2)c1C. The molecule has 2 heterocycles. The molecular weight excluding hydrogens is 364 g/mol. The van der Waals surface area contributed by atoms with Crippen LogP contribution in [0.15, 0.2) is 42.5 Å². The summed E-state index contributed by atoms with van der Waals surface area (Å²) in [6, 6.07) is 14.2. The fourth-order valence-corrected chi connectivity index (χ4v) is 4.35. The molecule has 2 amide bonds. The van der Waals surface area contributed by atoms with Crippen LogP contribution in [-0.2, 0) is 11.3 Å². The van der Waals surface area contributed by atoms with Gasteiger partial charge in [-0.2, -0.15) is 0 Å². The van der Waals surface area contributed by atoms with Gasteiger partial charge in [0.15, 0.2) is 0 Å². The minimum atomic E-state index is -0.384.